The van der Waals surface area contributed by atoms with Crippen LogP contribution in [0.3, 0.4) is 0 Å². The zero-order valence-corrected chi connectivity index (χ0v) is 17.5. The third-order valence-corrected chi connectivity index (χ3v) is 6.29. The summed E-state index contributed by atoms with van der Waals surface area (Å²) in [5, 5.41) is 8.75. The number of hydrogen-bond acceptors (Lipinski definition) is 6. The van der Waals surface area contributed by atoms with Gasteiger partial charge in [-0.1, -0.05) is 0 Å². The number of likely N-dealkylation sites (tertiary alicyclic amines) is 1. The molecule has 4 aliphatic heterocycles. The number of carbonyl (C=O) groups excluding carboxylic acids is 1. The van der Waals surface area contributed by atoms with Crippen molar-refractivity contribution in [2.45, 2.75) is 56.8 Å². The van der Waals surface area contributed by atoms with Gasteiger partial charge in [-0.3, -0.25) is 14.5 Å². The quantitative estimate of drug-likeness (QED) is 0.702. The monoisotopic (exact) mass is 452 g/mol. The van der Waals surface area contributed by atoms with E-state index >= 15 is 0 Å². The van der Waals surface area contributed by atoms with Crippen molar-refractivity contribution in [1.29, 1.82) is 0 Å². The lowest BCUT2D eigenvalue weighted by molar-refractivity contribution is -0.204. The van der Waals surface area contributed by atoms with Crippen LogP contribution in [-0.4, -0.2) is 91.3 Å². The normalized spacial score (nSPS) is 30.3. The van der Waals surface area contributed by atoms with E-state index in [-0.39, 0.29) is 17.9 Å². The lowest BCUT2D eigenvalue weighted by atomic mass is 9.87. The molecule has 31 heavy (non-hydrogen) atoms. The van der Waals surface area contributed by atoms with Crippen molar-refractivity contribution in [3.8, 4) is 0 Å². The Morgan fingerprint density at radius 3 is 2.35 bits per heavy atom. The number of alkyl halides is 3. The fraction of sp³-hybridized carbons (Fsp3) is 0.900. The number of hydroxylamine groups is 2. The zero-order valence-electron chi connectivity index (χ0n) is 17.5. The summed E-state index contributed by atoms with van der Waals surface area (Å²) in [6, 6.07) is 0.499. The molecule has 8 nitrogen and oxygen atoms in total. The summed E-state index contributed by atoms with van der Waals surface area (Å²) >= 11 is 0. The molecule has 0 aromatic rings. The molecular weight excluding hydrogens is 421 g/mol. The fourth-order valence-electron chi connectivity index (χ4n) is 4.68. The van der Waals surface area contributed by atoms with Crippen molar-refractivity contribution in [3.63, 3.8) is 0 Å². The Bertz CT molecular complexity index is 608. The summed E-state index contributed by atoms with van der Waals surface area (Å²) in [4.78, 5) is 29.9. The summed E-state index contributed by atoms with van der Waals surface area (Å²) in [5.41, 5.74) is 0. The Morgan fingerprint density at radius 1 is 1.03 bits per heavy atom. The second-order valence-corrected chi connectivity index (χ2v) is 8.49. The van der Waals surface area contributed by atoms with E-state index in [1.54, 1.807) is 5.06 Å². The molecule has 0 saturated carbocycles. The molecule has 4 rings (SSSR count). The Labute approximate surface area is 179 Å². The van der Waals surface area contributed by atoms with E-state index in [1.165, 1.54) is 0 Å². The maximum absolute atomic E-state index is 12.9. The molecule has 4 aliphatic rings. The predicted octanol–water partition coefficient (Wildman–Crippen LogP) is 2.08. The number of halogens is 3. The van der Waals surface area contributed by atoms with Crippen LogP contribution in [0.25, 0.3) is 0 Å². The minimum absolute atomic E-state index is 0.0160. The molecule has 0 spiro atoms. The van der Waals surface area contributed by atoms with E-state index in [2.05, 4.69) is 4.90 Å². The molecule has 0 bridgehead atoms. The number of carboxylic acids is 1. The third-order valence-electron chi connectivity index (χ3n) is 6.29. The van der Waals surface area contributed by atoms with Crippen LogP contribution in [0.15, 0.2) is 0 Å². The van der Waals surface area contributed by atoms with Gasteiger partial charge in [-0.2, -0.15) is 13.2 Å². The van der Waals surface area contributed by atoms with Gasteiger partial charge < -0.3 is 14.6 Å². The van der Waals surface area contributed by atoms with E-state index in [1.807, 2.05) is 0 Å². The van der Waals surface area contributed by atoms with Crippen LogP contribution in [0.1, 0.15) is 38.5 Å². The first-order valence-electron chi connectivity index (χ1n) is 10.9. The molecule has 0 aliphatic carbocycles. The van der Waals surface area contributed by atoms with Crippen LogP contribution < -0.4 is 0 Å². The number of fused-ring (bicyclic) bond motifs is 1. The standard InChI is InChI=1S/C18H30N2O4.C2HF3O2/c21-18(20-6-1-2-7-24-20)15-11-17-16(5-10-23-17)19(13-15)12-14-3-8-22-9-4-14;3-2(4,5)1(6)7/h14-17H,1-13H2;(H,6,7)/t15-,16+,17+;/m0./s1. The van der Waals surface area contributed by atoms with Crippen LogP contribution in [0, 0.1) is 11.8 Å². The SMILES string of the molecule is O=C(O)C(F)(F)F.O=C([C@H]1C[C@H]2OCC[C@H]2N(CC2CCOCC2)C1)N1CCCCO1. The highest BCUT2D eigenvalue weighted by Gasteiger charge is 2.44. The van der Waals surface area contributed by atoms with Crippen LogP contribution in [0.5, 0.6) is 0 Å². The summed E-state index contributed by atoms with van der Waals surface area (Å²) in [6.07, 6.45) is 1.48. The van der Waals surface area contributed by atoms with Crippen molar-refractivity contribution in [1.82, 2.24) is 9.96 Å². The van der Waals surface area contributed by atoms with Gasteiger partial charge in [-0.05, 0) is 44.4 Å². The van der Waals surface area contributed by atoms with Crippen LogP contribution in [0.2, 0.25) is 0 Å². The van der Waals surface area contributed by atoms with Crippen molar-refractivity contribution in [2.75, 3.05) is 46.1 Å². The Kier molecular flexibility index (Phi) is 8.54. The van der Waals surface area contributed by atoms with Gasteiger partial charge in [0.15, 0.2) is 0 Å². The van der Waals surface area contributed by atoms with E-state index in [4.69, 9.17) is 24.2 Å². The van der Waals surface area contributed by atoms with E-state index in [0.29, 0.717) is 18.6 Å². The summed E-state index contributed by atoms with van der Waals surface area (Å²) in [7, 11) is 0. The summed E-state index contributed by atoms with van der Waals surface area (Å²) in [6.45, 7) is 5.96. The van der Waals surface area contributed by atoms with E-state index in [9.17, 15) is 18.0 Å². The molecule has 3 atom stereocenters. The van der Waals surface area contributed by atoms with Gasteiger partial charge in [0.2, 0.25) is 0 Å². The third kappa shape index (κ3) is 6.77. The summed E-state index contributed by atoms with van der Waals surface area (Å²) in [5.74, 6) is -1.88. The molecule has 0 aromatic heterocycles. The molecule has 0 unspecified atom stereocenters. The largest absolute Gasteiger partial charge is 0.490 e. The molecule has 11 heteroatoms. The number of carboxylic acid groups (broad SMARTS) is 1. The second kappa shape index (κ2) is 10.9. The zero-order chi connectivity index (χ0) is 22.4. The van der Waals surface area contributed by atoms with Crippen LogP contribution in [-0.2, 0) is 23.9 Å². The molecule has 1 N–H and O–H groups in total. The number of aliphatic carboxylic acids is 1. The van der Waals surface area contributed by atoms with Gasteiger partial charge in [0.25, 0.3) is 5.91 Å². The molecule has 4 fully saturated rings. The first kappa shape index (κ1) is 24.2. The van der Waals surface area contributed by atoms with Gasteiger partial charge in [0.05, 0.1) is 18.6 Å². The molecule has 4 heterocycles. The lowest BCUT2D eigenvalue weighted by Gasteiger charge is -2.43. The second-order valence-electron chi connectivity index (χ2n) is 8.49. The maximum atomic E-state index is 12.9. The summed E-state index contributed by atoms with van der Waals surface area (Å²) < 4.78 is 43.2. The average Bonchev–Trinajstić information content (AvgIpc) is 3.23. The van der Waals surface area contributed by atoms with Gasteiger partial charge in [-0.15, -0.1) is 0 Å². The minimum Gasteiger partial charge on any atom is -0.475 e. The van der Waals surface area contributed by atoms with Crippen molar-refractivity contribution < 1.29 is 42.2 Å². The Hall–Kier alpha value is -1.43. The van der Waals surface area contributed by atoms with Gasteiger partial charge >= 0.3 is 12.1 Å². The highest BCUT2D eigenvalue weighted by atomic mass is 19.4. The van der Waals surface area contributed by atoms with Crippen molar-refractivity contribution in [3.05, 3.63) is 0 Å². The number of carbonyl (C=O) groups is 2. The Morgan fingerprint density at radius 2 is 1.74 bits per heavy atom. The average molecular weight is 452 g/mol. The van der Waals surface area contributed by atoms with E-state index < -0.39 is 12.1 Å². The number of nitrogens with zero attached hydrogens (tertiary/aromatic N) is 2. The molecule has 0 radical (unpaired) electrons. The first-order chi connectivity index (χ1) is 14.8. The number of piperidine rings is 1. The van der Waals surface area contributed by atoms with Gasteiger partial charge in [-0.25, -0.2) is 9.86 Å². The molecule has 178 valence electrons. The topological polar surface area (TPSA) is 88.5 Å². The first-order valence-corrected chi connectivity index (χ1v) is 10.9. The number of rotatable bonds is 3. The number of amides is 1. The maximum Gasteiger partial charge on any atom is 0.490 e. The smallest absolute Gasteiger partial charge is 0.475 e. The van der Waals surface area contributed by atoms with Gasteiger partial charge in [0, 0.05) is 45.5 Å². The fourth-order valence-corrected chi connectivity index (χ4v) is 4.68. The number of hydrogen-bond donors (Lipinski definition) is 1. The highest BCUT2D eigenvalue weighted by molar-refractivity contribution is 5.78. The Balaban J connectivity index is 0.000000339. The molecule has 0 aromatic carbocycles. The van der Waals surface area contributed by atoms with Crippen LogP contribution >= 0.6 is 0 Å². The predicted molar refractivity (Wildman–Crippen MR) is 102 cm³/mol. The van der Waals surface area contributed by atoms with Crippen molar-refractivity contribution in [2.24, 2.45) is 11.8 Å². The van der Waals surface area contributed by atoms with E-state index in [0.717, 1.165) is 78.0 Å². The van der Waals surface area contributed by atoms with Crippen molar-refractivity contribution >= 4 is 11.9 Å². The molecule has 1 amide bonds. The van der Waals surface area contributed by atoms with Crippen LogP contribution in [0.4, 0.5) is 13.2 Å². The minimum atomic E-state index is -5.08. The lowest BCUT2D eigenvalue weighted by Crippen LogP contribution is -2.55. The molecule has 4 saturated heterocycles. The van der Waals surface area contributed by atoms with Gasteiger partial charge in [0.1, 0.15) is 0 Å². The molecular formula is C20H31F3N2O6. The highest BCUT2D eigenvalue weighted by Crippen LogP contribution is 2.34. The number of ether oxygens (including phenoxy) is 2.